The molecule has 0 aliphatic heterocycles. The number of aromatic amines is 1. The molecule has 2 aromatic heterocycles. The van der Waals surface area contributed by atoms with Crippen molar-refractivity contribution in [2.45, 2.75) is 0 Å². The Bertz CT molecular complexity index is 228. The Kier molecular flexibility index (Phi) is 0.545. The minimum atomic E-state index is 1.09. The number of rotatable bonds is 0. The van der Waals surface area contributed by atoms with E-state index in [1.807, 2.05) is 28.9 Å². The Morgan fingerprint density at radius 2 is 2.62 bits per heavy atom. The Labute approximate surface area is 46.8 Å². The van der Waals surface area contributed by atoms with Gasteiger partial charge in [-0.1, -0.05) is 0 Å². The predicted molar refractivity (Wildman–Crippen MR) is 30.6 cm³/mol. The highest BCUT2D eigenvalue weighted by Crippen LogP contribution is 1.97. The van der Waals surface area contributed by atoms with Crippen molar-refractivity contribution in [3.8, 4) is 0 Å². The summed E-state index contributed by atoms with van der Waals surface area (Å²) in [7, 11) is 0. The van der Waals surface area contributed by atoms with Crippen molar-refractivity contribution in [1.82, 2.24) is 9.38 Å². The minimum absolute atomic E-state index is 1.09. The van der Waals surface area contributed by atoms with Gasteiger partial charge in [-0.05, 0) is 12.1 Å². The summed E-state index contributed by atoms with van der Waals surface area (Å²) in [6, 6.07) is 3.98. The number of imidazole rings is 1. The van der Waals surface area contributed by atoms with Crippen LogP contribution in [0.2, 0.25) is 0 Å². The fourth-order valence-corrected chi connectivity index (χ4v) is 0.788. The molecule has 2 rings (SSSR count). The van der Waals surface area contributed by atoms with Gasteiger partial charge in [0.2, 0.25) is 0 Å². The quantitative estimate of drug-likeness (QED) is 0.517. The van der Waals surface area contributed by atoms with E-state index in [4.69, 9.17) is 0 Å². The first-order valence-corrected chi connectivity index (χ1v) is 2.48. The molecule has 0 bridgehead atoms. The van der Waals surface area contributed by atoms with E-state index in [-0.39, 0.29) is 0 Å². The van der Waals surface area contributed by atoms with Crippen LogP contribution in [0.5, 0.6) is 0 Å². The Morgan fingerprint density at radius 1 is 1.62 bits per heavy atom. The maximum absolute atomic E-state index is 2.94. The third kappa shape index (κ3) is 0.320. The number of nitrogens with one attached hydrogen (secondary N) is 1. The lowest BCUT2D eigenvalue weighted by Gasteiger charge is -1.74. The third-order valence-corrected chi connectivity index (χ3v) is 1.18. The zero-order chi connectivity index (χ0) is 5.40. The average molecular weight is 105 g/mol. The number of H-pyrrole nitrogens is 1. The Hall–Kier alpha value is -1.18. The molecule has 0 aliphatic carbocycles. The predicted octanol–water partition coefficient (Wildman–Crippen LogP) is 1.07. The number of hydrogen-bond donors (Lipinski definition) is 1. The monoisotopic (exact) mass is 105 g/mol. The zero-order valence-corrected chi connectivity index (χ0v) is 4.26. The molecule has 0 saturated carbocycles. The maximum atomic E-state index is 2.94. The first-order chi connectivity index (χ1) is 3.97. The van der Waals surface area contributed by atoms with Crippen LogP contribution in [-0.2, 0) is 0 Å². The van der Waals surface area contributed by atoms with Crippen molar-refractivity contribution in [3.63, 3.8) is 0 Å². The molecule has 0 aliphatic rings. The summed E-state index contributed by atoms with van der Waals surface area (Å²) in [5.41, 5.74) is 1.09. The highest BCUT2D eigenvalue weighted by molar-refractivity contribution is 5.37. The average Bonchev–Trinajstić information content (AvgIpc) is 2.15. The number of fused-ring (bicyclic) bond motifs is 1. The number of nitrogens with zero attached hydrogens (tertiary/aromatic N) is 1. The van der Waals surface area contributed by atoms with Gasteiger partial charge in [-0.15, -0.1) is 0 Å². The second kappa shape index (κ2) is 1.15. The second-order valence-corrected chi connectivity index (χ2v) is 1.70. The van der Waals surface area contributed by atoms with E-state index in [1.165, 1.54) is 0 Å². The molecule has 8 heavy (non-hydrogen) atoms. The van der Waals surface area contributed by atoms with Crippen LogP contribution < -0.4 is 0 Å². The SMILES string of the molecule is [c]1cn2cccc2[nH]1. The molecule has 0 fully saturated rings. The van der Waals surface area contributed by atoms with E-state index >= 15 is 0 Å². The smallest absolute Gasteiger partial charge is 0.114 e. The van der Waals surface area contributed by atoms with Gasteiger partial charge in [0.1, 0.15) is 5.65 Å². The van der Waals surface area contributed by atoms with Gasteiger partial charge >= 0.3 is 0 Å². The summed E-state index contributed by atoms with van der Waals surface area (Å²) < 4.78 is 1.97. The molecule has 2 heterocycles. The van der Waals surface area contributed by atoms with Gasteiger partial charge < -0.3 is 9.38 Å². The van der Waals surface area contributed by atoms with Crippen LogP contribution in [0.4, 0.5) is 0 Å². The fraction of sp³-hybridized carbons (Fsp3) is 0. The fourth-order valence-electron chi connectivity index (χ4n) is 0.788. The van der Waals surface area contributed by atoms with Gasteiger partial charge in [-0.2, -0.15) is 0 Å². The molecule has 0 amide bonds. The lowest BCUT2D eigenvalue weighted by molar-refractivity contribution is 1.23. The van der Waals surface area contributed by atoms with Crippen LogP contribution in [-0.4, -0.2) is 9.38 Å². The molecule has 1 N–H and O–H groups in total. The molecular weight excluding hydrogens is 100 g/mol. The van der Waals surface area contributed by atoms with Gasteiger partial charge in [0, 0.05) is 12.4 Å². The topological polar surface area (TPSA) is 20.2 Å². The van der Waals surface area contributed by atoms with E-state index in [0.717, 1.165) is 5.65 Å². The highest BCUT2D eigenvalue weighted by Gasteiger charge is 1.86. The molecule has 1 radical (unpaired) electrons. The summed E-state index contributed by atoms with van der Waals surface area (Å²) in [4.78, 5) is 2.94. The maximum Gasteiger partial charge on any atom is 0.114 e. The van der Waals surface area contributed by atoms with Crippen LogP contribution in [0, 0.1) is 6.20 Å². The van der Waals surface area contributed by atoms with E-state index in [2.05, 4.69) is 11.2 Å². The normalized spacial score (nSPS) is 10.5. The van der Waals surface area contributed by atoms with Crippen molar-refractivity contribution in [2.75, 3.05) is 0 Å². The summed E-state index contributed by atoms with van der Waals surface area (Å²) in [5, 5.41) is 0. The van der Waals surface area contributed by atoms with Crippen LogP contribution in [0.3, 0.4) is 0 Å². The lowest BCUT2D eigenvalue weighted by atomic mass is 10.6. The Balaban J connectivity index is 3.06. The van der Waals surface area contributed by atoms with Crippen molar-refractivity contribution in [3.05, 3.63) is 30.7 Å². The summed E-state index contributed by atoms with van der Waals surface area (Å²) in [6.07, 6.45) is 6.69. The molecule has 0 atom stereocenters. The third-order valence-electron chi connectivity index (χ3n) is 1.18. The molecule has 39 valence electrons. The van der Waals surface area contributed by atoms with Crippen LogP contribution in [0.1, 0.15) is 0 Å². The van der Waals surface area contributed by atoms with Gasteiger partial charge in [0.25, 0.3) is 0 Å². The summed E-state index contributed by atoms with van der Waals surface area (Å²) in [6.45, 7) is 0. The lowest BCUT2D eigenvalue weighted by Crippen LogP contribution is -1.67. The van der Waals surface area contributed by atoms with E-state index < -0.39 is 0 Å². The molecule has 0 saturated heterocycles. The van der Waals surface area contributed by atoms with Gasteiger partial charge in [0.05, 0.1) is 6.20 Å². The van der Waals surface area contributed by atoms with Gasteiger partial charge in [-0.3, -0.25) is 0 Å². The minimum Gasteiger partial charge on any atom is -0.338 e. The standard InChI is InChI=1S/C6H5N2/c1-2-6-7-3-5-8(6)4-1/h1-2,4-5,7H. The van der Waals surface area contributed by atoms with Crippen LogP contribution in [0.15, 0.2) is 24.5 Å². The number of hydrogen-bond acceptors (Lipinski definition) is 0. The summed E-state index contributed by atoms with van der Waals surface area (Å²) >= 11 is 0. The molecule has 2 aromatic rings. The van der Waals surface area contributed by atoms with Crippen LogP contribution in [0.25, 0.3) is 5.65 Å². The van der Waals surface area contributed by atoms with Crippen molar-refractivity contribution >= 4 is 5.65 Å². The Morgan fingerprint density at radius 3 is 3.50 bits per heavy atom. The first kappa shape index (κ1) is 3.78. The zero-order valence-electron chi connectivity index (χ0n) is 4.26. The van der Waals surface area contributed by atoms with E-state index in [0.29, 0.717) is 0 Å². The molecule has 0 unspecified atom stereocenters. The first-order valence-electron chi connectivity index (χ1n) is 2.48. The summed E-state index contributed by atoms with van der Waals surface area (Å²) in [5.74, 6) is 0. The number of aromatic nitrogens is 2. The highest BCUT2D eigenvalue weighted by atomic mass is 15.0. The van der Waals surface area contributed by atoms with Gasteiger partial charge in [-0.25, -0.2) is 0 Å². The second-order valence-electron chi connectivity index (χ2n) is 1.70. The van der Waals surface area contributed by atoms with E-state index in [9.17, 15) is 0 Å². The molecule has 0 spiro atoms. The largest absolute Gasteiger partial charge is 0.338 e. The van der Waals surface area contributed by atoms with Crippen molar-refractivity contribution in [1.29, 1.82) is 0 Å². The van der Waals surface area contributed by atoms with Crippen LogP contribution >= 0.6 is 0 Å². The van der Waals surface area contributed by atoms with Crippen molar-refractivity contribution < 1.29 is 0 Å². The van der Waals surface area contributed by atoms with Crippen molar-refractivity contribution in [2.24, 2.45) is 0 Å². The molecule has 2 nitrogen and oxygen atoms in total. The molecule has 0 aromatic carbocycles. The molecule has 2 heteroatoms. The van der Waals surface area contributed by atoms with E-state index in [1.54, 1.807) is 0 Å². The molecular formula is C6H5N2. The van der Waals surface area contributed by atoms with Gasteiger partial charge in [0.15, 0.2) is 0 Å².